The van der Waals surface area contributed by atoms with Gasteiger partial charge in [-0.3, -0.25) is 4.79 Å². The zero-order chi connectivity index (χ0) is 18.5. The van der Waals surface area contributed by atoms with Gasteiger partial charge in [-0.05, 0) is 65.8 Å². The molecule has 7 nitrogen and oxygen atoms in total. The van der Waals surface area contributed by atoms with Crippen LogP contribution in [-0.2, 0) is 24.2 Å². The van der Waals surface area contributed by atoms with Crippen LogP contribution in [0, 0.1) is 5.92 Å². The minimum atomic E-state index is 0.0853. The number of aryl methyl sites for hydroxylation is 2. The Labute approximate surface area is 159 Å². The topological polar surface area (TPSA) is 81.9 Å². The van der Waals surface area contributed by atoms with Crippen molar-refractivity contribution >= 4 is 11.6 Å². The summed E-state index contributed by atoms with van der Waals surface area (Å²) in [5.74, 6) is 2.61. The van der Waals surface area contributed by atoms with Crippen molar-refractivity contribution in [2.45, 2.75) is 64.3 Å². The molecule has 1 aromatic heterocycles. The summed E-state index contributed by atoms with van der Waals surface area (Å²) in [5, 5.41) is 15.1. The standard InChI is InChI=1S/C20H27N5O2/c26-20-11-8-16-13-17(9-10-18(16)21-20)27-12-4-7-19-22-23-24-25(19)14-15-5-2-1-3-6-15/h9-10,13,15H,1-8,11-12,14H2,(H,21,26). The van der Waals surface area contributed by atoms with Gasteiger partial charge in [-0.25, -0.2) is 4.68 Å². The van der Waals surface area contributed by atoms with Crippen LogP contribution in [0.15, 0.2) is 18.2 Å². The van der Waals surface area contributed by atoms with E-state index in [1.165, 1.54) is 32.1 Å². The Balaban J connectivity index is 1.25. The van der Waals surface area contributed by atoms with Crippen molar-refractivity contribution in [3.8, 4) is 5.75 Å². The lowest BCUT2D eigenvalue weighted by Gasteiger charge is -2.21. The van der Waals surface area contributed by atoms with Gasteiger partial charge in [0.05, 0.1) is 6.61 Å². The monoisotopic (exact) mass is 369 g/mol. The number of amides is 1. The molecule has 4 rings (SSSR count). The highest BCUT2D eigenvalue weighted by atomic mass is 16.5. The Hall–Kier alpha value is -2.44. The smallest absolute Gasteiger partial charge is 0.224 e. The van der Waals surface area contributed by atoms with Crippen molar-refractivity contribution in [1.29, 1.82) is 0 Å². The molecule has 1 fully saturated rings. The summed E-state index contributed by atoms with van der Waals surface area (Å²) in [6.45, 7) is 1.57. The first kappa shape index (κ1) is 17.9. The number of fused-ring (bicyclic) bond motifs is 1. The van der Waals surface area contributed by atoms with Gasteiger partial charge in [0, 0.05) is 25.1 Å². The maximum Gasteiger partial charge on any atom is 0.224 e. The number of anilines is 1. The van der Waals surface area contributed by atoms with Crippen LogP contribution in [0.5, 0.6) is 5.75 Å². The second-order valence-electron chi connectivity index (χ2n) is 7.60. The molecule has 0 saturated heterocycles. The Morgan fingerprint density at radius 1 is 1.19 bits per heavy atom. The molecule has 1 aromatic carbocycles. The normalized spacial score (nSPS) is 17.4. The van der Waals surface area contributed by atoms with Crippen molar-refractivity contribution in [1.82, 2.24) is 20.2 Å². The van der Waals surface area contributed by atoms with E-state index in [1.54, 1.807) is 0 Å². The zero-order valence-electron chi connectivity index (χ0n) is 15.7. The fourth-order valence-corrected chi connectivity index (χ4v) is 4.03. The first-order valence-electron chi connectivity index (χ1n) is 10.1. The molecular weight excluding hydrogens is 342 g/mol. The molecule has 1 saturated carbocycles. The van der Waals surface area contributed by atoms with Crippen molar-refractivity contribution in [3.05, 3.63) is 29.6 Å². The molecule has 1 aliphatic carbocycles. The quantitative estimate of drug-likeness (QED) is 0.758. The highest BCUT2D eigenvalue weighted by Crippen LogP contribution is 2.27. The molecule has 2 aliphatic rings. The van der Waals surface area contributed by atoms with Gasteiger partial charge in [0.1, 0.15) is 5.75 Å². The molecule has 2 heterocycles. The molecule has 27 heavy (non-hydrogen) atoms. The van der Waals surface area contributed by atoms with Crippen LogP contribution in [0.1, 0.15) is 56.3 Å². The molecule has 0 spiro atoms. The molecule has 7 heteroatoms. The average Bonchev–Trinajstić information content (AvgIpc) is 3.13. The van der Waals surface area contributed by atoms with Crippen molar-refractivity contribution in [2.75, 3.05) is 11.9 Å². The van der Waals surface area contributed by atoms with E-state index in [-0.39, 0.29) is 5.91 Å². The van der Waals surface area contributed by atoms with Gasteiger partial charge in [-0.15, -0.1) is 5.10 Å². The van der Waals surface area contributed by atoms with E-state index in [0.717, 1.165) is 48.6 Å². The predicted octanol–water partition coefficient (Wildman–Crippen LogP) is 3.15. The number of benzene rings is 1. The number of rotatable bonds is 7. The number of aromatic nitrogens is 4. The summed E-state index contributed by atoms with van der Waals surface area (Å²) in [7, 11) is 0. The van der Waals surface area contributed by atoms with Gasteiger partial charge < -0.3 is 10.1 Å². The third-order valence-electron chi connectivity index (χ3n) is 5.55. The summed E-state index contributed by atoms with van der Waals surface area (Å²) in [6, 6.07) is 5.87. The Kier molecular flexibility index (Phi) is 5.65. The molecule has 0 atom stereocenters. The lowest BCUT2D eigenvalue weighted by molar-refractivity contribution is -0.116. The van der Waals surface area contributed by atoms with Crippen molar-refractivity contribution in [2.24, 2.45) is 5.92 Å². The molecule has 2 aromatic rings. The van der Waals surface area contributed by atoms with E-state index in [1.807, 2.05) is 22.9 Å². The van der Waals surface area contributed by atoms with Gasteiger partial charge in [0.25, 0.3) is 0 Å². The van der Waals surface area contributed by atoms with E-state index in [2.05, 4.69) is 20.8 Å². The van der Waals surface area contributed by atoms with Gasteiger partial charge >= 0.3 is 0 Å². The molecule has 1 N–H and O–H groups in total. The Morgan fingerprint density at radius 2 is 2.07 bits per heavy atom. The van der Waals surface area contributed by atoms with Crippen LogP contribution in [0.4, 0.5) is 5.69 Å². The number of carbonyl (C=O) groups is 1. The first-order valence-corrected chi connectivity index (χ1v) is 10.1. The van der Waals surface area contributed by atoms with E-state index in [4.69, 9.17) is 4.74 Å². The second kappa shape index (κ2) is 8.50. The minimum Gasteiger partial charge on any atom is -0.494 e. The van der Waals surface area contributed by atoms with Crippen LogP contribution in [0.3, 0.4) is 0 Å². The largest absolute Gasteiger partial charge is 0.494 e. The number of nitrogens with one attached hydrogen (secondary N) is 1. The van der Waals surface area contributed by atoms with Crippen LogP contribution < -0.4 is 10.1 Å². The summed E-state index contributed by atoms with van der Waals surface area (Å²) < 4.78 is 7.88. The summed E-state index contributed by atoms with van der Waals surface area (Å²) >= 11 is 0. The zero-order valence-corrected chi connectivity index (χ0v) is 15.7. The Morgan fingerprint density at radius 3 is 2.96 bits per heavy atom. The van der Waals surface area contributed by atoms with Gasteiger partial charge in [0.2, 0.25) is 5.91 Å². The number of tetrazole rings is 1. The summed E-state index contributed by atoms with van der Waals surface area (Å²) in [4.78, 5) is 11.4. The maximum absolute atomic E-state index is 11.4. The van der Waals surface area contributed by atoms with Gasteiger partial charge in [-0.1, -0.05) is 19.3 Å². The Bertz CT molecular complexity index is 782. The maximum atomic E-state index is 11.4. The minimum absolute atomic E-state index is 0.0853. The molecule has 1 amide bonds. The fourth-order valence-electron chi connectivity index (χ4n) is 4.03. The van der Waals surface area contributed by atoms with Crippen LogP contribution in [0.25, 0.3) is 0 Å². The summed E-state index contributed by atoms with van der Waals surface area (Å²) in [5.41, 5.74) is 2.05. The third-order valence-corrected chi connectivity index (χ3v) is 5.55. The number of nitrogens with zero attached hydrogens (tertiary/aromatic N) is 4. The molecule has 0 radical (unpaired) electrons. The van der Waals surface area contributed by atoms with E-state index in [9.17, 15) is 4.79 Å². The van der Waals surface area contributed by atoms with Crippen LogP contribution in [-0.4, -0.2) is 32.7 Å². The second-order valence-corrected chi connectivity index (χ2v) is 7.60. The van der Waals surface area contributed by atoms with Crippen LogP contribution in [0.2, 0.25) is 0 Å². The van der Waals surface area contributed by atoms with E-state index in [0.29, 0.717) is 18.9 Å². The molecule has 144 valence electrons. The lowest BCUT2D eigenvalue weighted by Crippen LogP contribution is -2.18. The molecule has 0 bridgehead atoms. The predicted molar refractivity (Wildman–Crippen MR) is 102 cm³/mol. The van der Waals surface area contributed by atoms with Crippen LogP contribution >= 0.6 is 0 Å². The highest BCUT2D eigenvalue weighted by Gasteiger charge is 2.17. The van der Waals surface area contributed by atoms with Crippen molar-refractivity contribution < 1.29 is 9.53 Å². The molecule has 0 unspecified atom stereocenters. The summed E-state index contributed by atoms with van der Waals surface area (Å²) in [6.07, 6.45) is 9.63. The van der Waals surface area contributed by atoms with Crippen molar-refractivity contribution in [3.63, 3.8) is 0 Å². The van der Waals surface area contributed by atoms with Gasteiger partial charge in [-0.2, -0.15) is 0 Å². The van der Waals surface area contributed by atoms with E-state index >= 15 is 0 Å². The lowest BCUT2D eigenvalue weighted by atomic mass is 9.89. The number of hydrogen-bond acceptors (Lipinski definition) is 5. The van der Waals surface area contributed by atoms with E-state index < -0.39 is 0 Å². The fraction of sp³-hybridized carbons (Fsp3) is 0.600. The number of hydrogen-bond donors (Lipinski definition) is 1. The highest BCUT2D eigenvalue weighted by molar-refractivity contribution is 5.93. The number of carbonyl (C=O) groups excluding carboxylic acids is 1. The third kappa shape index (κ3) is 4.64. The van der Waals surface area contributed by atoms with Gasteiger partial charge in [0.15, 0.2) is 5.82 Å². The molecule has 1 aliphatic heterocycles. The molecular formula is C20H27N5O2. The average molecular weight is 369 g/mol. The SMILES string of the molecule is O=C1CCc2cc(OCCCc3nnnn3CC3CCCCC3)ccc2N1. The first-order chi connectivity index (χ1) is 13.3. The number of ether oxygens (including phenoxy) is 1.